The third kappa shape index (κ3) is 4.16. The molecule has 0 radical (unpaired) electrons. The molecular weight excluding hydrogens is 282 g/mol. The number of rotatable bonds is 5. The topological polar surface area (TPSA) is 78.4 Å². The molecule has 7 nitrogen and oxygen atoms in total. The van der Waals surface area contributed by atoms with Gasteiger partial charge < -0.3 is 15.1 Å². The third-order valence-corrected chi connectivity index (χ3v) is 3.49. The smallest absolute Gasteiger partial charge is 0.272 e. The highest BCUT2D eigenvalue weighted by molar-refractivity contribution is 5.92. The Morgan fingerprint density at radius 2 is 2.00 bits per heavy atom. The molecule has 0 aromatic carbocycles. The van der Waals surface area contributed by atoms with Gasteiger partial charge in [0.2, 0.25) is 12.4 Å². The van der Waals surface area contributed by atoms with Gasteiger partial charge >= 0.3 is 0 Å². The fourth-order valence-electron chi connectivity index (χ4n) is 2.24. The molecule has 2 amide bonds. The van der Waals surface area contributed by atoms with E-state index in [1.807, 2.05) is 6.92 Å². The van der Waals surface area contributed by atoms with Crippen LogP contribution in [0.15, 0.2) is 6.07 Å². The zero-order valence-electron chi connectivity index (χ0n) is 13.4. The number of amides is 2. The van der Waals surface area contributed by atoms with E-state index in [-0.39, 0.29) is 5.91 Å². The molecule has 120 valence electrons. The number of carbonyl (C=O) groups excluding carboxylic acids is 2. The van der Waals surface area contributed by atoms with Gasteiger partial charge in [-0.25, -0.2) is 9.97 Å². The first kappa shape index (κ1) is 16.2. The minimum Gasteiger partial charge on any atom is -0.354 e. The van der Waals surface area contributed by atoms with Crippen LogP contribution in [0.4, 0.5) is 5.95 Å². The highest BCUT2D eigenvalue weighted by atomic mass is 16.2. The molecule has 1 aliphatic heterocycles. The van der Waals surface area contributed by atoms with Crippen molar-refractivity contribution in [3.8, 4) is 0 Å². The first-order valence-corrected chi connectivity index (χ1v) is 7.57. The van der Waals surface area contributed by atoms with Gasteiger partial charge in [-0.15, -0.1) is 0 Å². The van der Waals surface area contributed by atoms with E-state index in [2.05, 4.69) is 29.1 Å². The van der Waals surface area contributed by atoms with Gasteiger partial charge in [0.15, 0.2) is 0 Å². The van der Waals surface area contributed by atoms with E-state index in [1.54, 1.807) is 15.9 Å². The van der Waals surface area contributed by atoms with Gasteiger partial charge in [-0.3, -0.25) is 9.59 Å². The van der Waals surface area contributed by atoms with Crippen LogP contribution < -0.4 is 5.32 Å². The van der Waals surface area contributed by atoms with E-state index in [1.165, 1.54) is 0 Å². The number of aryl methyl sites for hydroxylation is 1. The second-order valence-electron chi connectivity index (χ2n) is 5.93. The molecule has 1 aromatic heterocycles. The van der Waals surface area contributed by atoms with Gasteiger partial charge in [0.05, 0.1) is 0 Å². The Labute approximate surface area is 130 Å². The summed E-state index contributed by atoms with van der Waals surface area (Å²) in [5.74, 6) is 0.854. The molecule has 2 rings (SSSR count). The number of hydrogen-bond donors (Lipinski definition) is 1. The Morgan fingerprint density at radius 3 is 2.59 bits per heavy atom. The minimum atomic E-state index is -0.108. The van der Waals surface area contributed by atoms with Crippen LogP contribution in [-0.4, -0.2) is 64.8 Å². The summed E-state index contributed by atoms with van der Waals surface area (Å²) >= 11 is 0. The molecule has 0 unspecified atom stereocenters. The van der Waals surface area contributed by atoms with Crippen molar-refractivity contribution in [2.45, 2.75) is 20.8 Å². The van der Waals surface area contributed by atoms with Crippen molar-refractivity contribution in [1.82, 2.24) is 19.8 Å². The second-order valence-corrected chi connectivity index (χ2v) is 5.93. The Hall–Kier alpha value is -2.18. The summed E-state index contributed by atoms with van der Waals surface area (Å²) in [5, 5.41) is 3.15. The average Bonchev–Trinajstić information content (AvgIpc) is 2.52. The lowest BCUT2D eigenvalue weighted by atomic mass is 10.2. The Bertz CT molecular complexity index is 539. The Morgan fingerprint density at radius 1 is 1.32 bits per heavy atom. The zero-order chi connectivity index (χ0) is 16.1. The van der Waals surface area contributed by atoms with E-state index >= 15 is 0 Å². The van der Waals surface area contributed by atoms with Crippen LogP contribution in [0.3, 0.4) is 0 Å². The second kappa shape index (κ2) is 7.20. The molecule has 1 fully saturated rings. The van der Waals surface area contributed by atoms with Crippen LogP contribution in [0.1, 0.15) is 30.0 Å². The maximum atomic E-state index is 12.5. The molecule has 0 aliphatic carbocycles. The predicted molar refractivity (Wildman–Crippen MR) is 83.6 cm³/mol. The van der Waals surface area contributed by atoms with E-state index in [9.17, 15) is 9.59 Å². The van der Waals surface area contributed by atoms with Crippen molar-refractivity contribution in [1.29, 1.82) is 0 Å². The van der Waals surface area contributed by atoms with Gasteiger partial charge in [0, 0.05) is 38.4 Å². The molecule has 2 heterocycles. The van der Waals surface area contributed by atoms with Gasteiger partial charge in [-0.05, 0) is 18.9 Å². The fraction of sp³-hybridized carbons (Fsp3) is 0.600. The van der Waals surface area contributed by atoms with Crippen LogP contribution in [0.5, 0.6) is 0 Å². The number of hydrogen-bond acceptors (Lipinski definition) is 5. The van der Waals surface area contributed by atoms with Crippen molar-refractivity contribution in [3.63, 3.8) is 0 Å². The monoisotopic (exact) mass is 305 g/mol. The van der Waals surface area contributed by atoms with Crippen molar-refractivity contribution >= 4 is 18.3 Å². The molecule has 1 saturated heterocycles. The summed E-state index contributed by atoms with van der Waals surface area (Å²) in [6, 6.07) is 1.70. The summed E-state index contributed by atoms with van der Waals surface area (Å²) in [7, 11) is 0. The number of carbonyl (C=O) groups is 2. The fourth-order valence-corrected chi connectivity index (χ4v) is 2.24. The van der Waals surface area contributed by atoms with Gasteiger partial charge in [0.1, 0.15) is 5.69 Å². The van der Waals surface area contributed by atoms with Gasteiger partial charge in [-0.2, -0.15) is 0 Å². The van der Waals surface area contributed by atoms with Crippen molar-refractivity contribution in [2.75, 3.05) is 38.0 Å². The van der Waals surface area contributed by atoms with E-state index in [0.717, 1.165) is 18.6 Å². The molecule has 1 aromatic rings. The highest BCUT2D eigenvalue weighted by Gasteiger charge is 2.23. The summed E-state index contributed by atoms with van der Waals surface area (Å²) in [6.07, 6.45) is 0.824. The largest absolute Gasteiger partial charge is 0.354 e. The van der Waals surface area contributed by atoms with Crippen LogP contribution in [0.2, 0.25) is 0 Å². The van der Waals surface area contributed by atoms with Crippen LogP contribution in [0, 0.1) is 12.8 Å². The summed E-state index contributed by atoms with van der Waals surface area (Å²) in [6.45, 7) is 9.02. The first-order chi connectivity index (χ1) is 10.5. The molecule has 1 aliphatic rings. The third-order valence-electron chi connectivity index (χ3n) is 3.49. The van der Waals surface area contributed by atoms with Crippen molar-refractivity contribution in [3.05, 3.63) is 17.5 Å². The molecule has 7 heteroatoms. The normalized spacial score (nSPS) is 15.1. The standard InChI is InChI=1S/C15H23N5O2/c1-11(2)9-16-15-17-12(3)8-13(18-15)14(22)20-6-4-19(10-21)5-7-20/h8,10-11H,4-7,9H2,1-3H3,(H,16,17,18). The summed E-state index contributed by atoms with van der Waals surface area (Å²) in [5.41, 5.74) is 1.16. The maximum absolute atomic E-state index is 12.5. The molecule has 1 N–H and O–H groups in total. The number of nitrogens with one attached hydrogen (secondary N) is 1. The average molecular weight is 305 g/mol. The molecule has 0 atom stereocenters. The lowest BCUT2D eigenvalue weighted by molar-refractivity contribution is -0.119. The lowest BCUT2D eigenvalue weighted by Crippen LogP contribution is -2.48. The Balaban J connectivity index is 2.07. The quantitative estimate of drug-likeness (QED) is 0.813. The molecule has 0 saturated carbocycles. The molecular formula is C15H23N5O2. The molecule has 22 heavy (non-hydrogen) atoms. The predicted octanol–water partition coefficient (Wildman–Crippen LogP) is 0.767. The zero-order valence-corrected chi connectivity index (χ0v) is 13.4. The van der Waals surface area contributed by atoms with E-state index < -0.39 is 0 Å². The number of aromatic nitrogens is 2. The van der Waals surface area contributed by atoms with Crippen LogP contribution in [-0.2, 0) is 4.79 Å². The number of anilines is 1. The highest BCUT2D eigenvalue weighted by Crippen LogP contribution is 2.10. The summed E-state index contributed by atoms with van der Waals surface area (Å²) < 4.78 is 0. The van der Waals surface area contributed by atoms with Gasteiger partial charge in [-0.1, -0.05) is 13.8 Å². The van der Waals surface area contributed by atoms with Gasteiger partial charge in [0.25, 0.3) is 5.91 Å². The SMILES string of the molecule is Cc1cc(C(=O)N2CCN(C=O)CC2)nc(NCC(C)C)n1. The minimum absolute atomic E-state index is 0.108. The van der Waals surface area contributed by atoms with Crippen LogP contribution in [0.25, 0.3) is 0 Å². The molecule has 0 spiro atoms. The maximum Gasteiger partial charge on any atom is 0.272 e. The van der Waals surface area contributed by atoms with Crippen molar-refractivity contribution in [2.24, 2.45) is 5.92 Å². The van der Waals surface area contributed by atoms with E-state index in [4.69, 9.17) is 0 Å². The van der Waals surface area contributed by atoms with Crippen molar-refractivity contribution < 1.29 is 9.59 Å². The van der Waals surface area contributed by atoms with Crippen LogP contribution >= 0.6 is 0 Å². The summed E-state index contributed by atoms with van der Waals surface area (Å²) in [4.78, 5) is 35.3. The van der Waals surface area contributed by atoms with E-state index in [0.29, 0.717) is 43.7 Å². The number of piperazine rings is 1. The molecule has 0 bridgehead atoms. The number of nitrogens with zero attached hydrogens (tertiary/aromatic N) is 4. The lowest BCUT2D eigenvalue weighted by Gasteiger charge is -2.32. The first-order valence-electron chi connectivity index (χ1n) is 7.57. The Kier molecular flexibility index (Phi) is 5.30.